The Labute approximate surface area is 110 Å². The van der Waals surface area contributed by atoms with Gasteiger partial charge in [0.1, 0.15) is 11.2 Å². The quantitative estimate of drug-likeness (QED) is 0.376. The van der Waals surface area contributed by atoms with Crippen LogP contribution in [-0.2, 0) is 4.79 Å². The third-order valence-electron chi connectivity index (χ3n) is 3.46. The van der Waals surface area contributed by atoms with E-state index < -0.39 is 5.41 Å². The summed E-state index contributed by atoms with van der Waals surface area (Å²) in [5, 5.41) is 11.7. The molecule has 1 amide bonds. The first-order chi connectivity index (χ1) is 9.05. The highest BCUT2D eigenvalue weighted by Crippen LogP contribution is 2.48. The maximum Gasteiger partial charge on any atom is 0.240 e. The molecular formula is C13H16FN3O2. The highest BCUT2D eigenvalue weighted by Gasteiger charge is 2.55. The van der Waals surface area contributed by atoms with Crippen molar-refractivity contribution in [2.24, 2.45) is 16.3 Å². The van der Waals surface area contributed by atoms with E-state index >= 15 is 0 Å². The average molecular weight is 265 g/mol. The number of rotatable bonds is 4. The van der Waals surface area contributed by atoms with Gasteiger partial charge in [0.25, 0.3) is 0 Å². The van der Waals surface area contributed by atoms with Gasteiger partial charge in [-0.05, 0) is 44.0 Å². The van der Waals surface area contributed by atoms with Crippen LogP contribution in [-0.4, -0.2) is 23.5 Å². The maximum absolute atomic E-state index is 12.9. The molecule has 1 aliphatic carbocycles. The van der Waals surface area contributed by atoms with Gasteiger partial charge in [-0.25, -0.2) is 4.39 Å². The van der Waals surface area contributed by atoms with E-state index in [4.69, 9.17) is 10.9 Å². The molecule has 5 nitrogen and oxygen atoms in total. The predicted molar refractivity (Wildman–Crippen MR) is 69.5 cm³/mol. The van der Waals surface area contributed by atoms with E-state index in [0.717, 1.165) is 0 Å². The minimum absolute atomic E-state index is 0.0574. The van der Waals surface area contributed by atoms with Crippen LogP contribution in [0.2, 0.25) is 0 Å². The topological polar surface area (TPSA) is 78.9 Å². The van der Waals surface area contributed by atoms with Gasteiger partial charge in [0.2, 0.25) is 5.91 Å². The van der Waals surface area contributed by atoms with Crippen LogP contribution >= 0.6 is 0 Å². The molecule has 0 aliphatic heterocycles. The van der Waals surface area contributed by atoms with Crippen LogP contribution in [0.5, 0.6) is 0 Å². The third-order valence-corrected chi connectivity index (χ3v) is 3.46. The number of nitrogens with two attached hydrogens (primary N) is 1. The lowest BCUT2D eigenvalue weighted by atomic mass is 10.0. The lowest BCUT2D eigenvalue weighted by molar-refractivity contribution is -0.121. The summed E-state index contributed by atoms with van der Waals surface area (Å²) in [6, 6.07) is 5.68. The summed E-state index contributed by atoms with van der Waals surface area (Å²) < 4.78 is 12.9. The summed E-state index contributed by atoms with van der Waals surface area (Å²) in [7, 11) is 0. The lowest BCUT2D eigenvalue weighted by Crippen LogP contribution is -2.43. The van der Waals surface area contributed by atoms with E-state index in [1.165, 1.54) is 17.0 Å². The third kappa shape index (κ3) is 2.25. The summed E-state index contributed by atoms with van der Waals surface area (Å²) >= 11 is 0. The molecule has 0 bridgehead atoms. The number of hydrogen-bond acceptors (Lipinski definition) is 3. The van der Waals surface area contributed by atoms with Gasteiger partial charge < -0.3 is 15.8 Å². The maximum atomic E-state index is 12.9. The summed E-state index contributed by atoms with van der Waals surface area (Å²) in [5.41, 5.74) is 5.31. The molecule has 0 atom stereocenters. The monoisotopic (exact) mass is 265 g/mol. The number of nitrogens with zero attached hydrogens (tertiary/aromatic N) is 2. The predicted octanol–water partition coefficient (Wildman–Crippen LogP) is 1.71. The Morgan fingerprint density at radius 1 is 1.47 bits per heavy atom. The lowest BCUT2D eigenvalue weighted by Gasteiger charge is -2.25. The van der Waals surface area contributed by atoms with Crippen LogP contribution in [0, 0.1) is 11.2 Å². The van der Waals surface area contributed by atoms with E-state index in [0.29, 0.717) is 25.1 Å². The van der Waals surface area contributed by atoms with Crippen LogP contribution in [0.1, 0.15) is 19.8 Å². The molecule has 1 aliphatic rings. The second kappa shape index (κ2) is 4.87. The van der Waals surface area contributed by atoms with Crippen molar-refractivity contribution in [3.63, 3.8) is 0 Å². The van der Waals surface area contributed by atoms with Gasteiger partial charge in [-0.3, -0.25) is 4.79 Å². The molecule has 2 rings (SSSR count). The zero-order valence-corrected chi connectivity index (χ0v) is 10.6. The van der Waals surface area contributed by atoms with Gasteiger partial charge in [-0.15, -0.1) is 0 Å². The molecule has 6 heteroatoms. The number of halogens is 1. The van der Waals surface area contributed by atoms with E-state index in [2.05, 4.69) is 5.16 Å². The first-order valence-electron chi connectivity index (χ1n) is 6.10. The minimum Gasteiger partial charge on any atom is -0.409 e. The van der Waals surface area contributed by atoms with Gasteiger partial charge in [-0.2, -0.15) is 0 Å². The number of benzene rings is 1. The minimum atomic E-state index is -0.890. The normalized spacial score (nSPS) is 17.1. The van der Waals surface area contributed by atoms with E-state index in [9.17, 15) is 9.18 Å². The molecule has 0 radical (unpaired) electrons. The molecule has 19 heavy (non-hydrogen) atoms. The van der Waals surface area contributed by atoms with Crippen LogP contribution < -0.4 is 10.6 Å². The molecule has 1 fully saturated rings. The van der Waals surface area contributed by atoms with Crippen molar-refractivity contribution in [3.8, 4) is 0 Å². The number of amides is 1. The summed E-state index contributed by atoms with van der Waals surface area (Å²) in [4.78, 5) is 14.0. The fraction of sp³-hybridized carbons (Fsp3) is 0.385. The Morgan fingerprint density at radius 3 is 2.47 bits per heavy atom. The molecule has 1 aromatic rings. The smallest absolute Gasteiger partial charge is 0.240 e. The van der Waals surface area contributed by atoms with Crippen LogP contribution in [0.25, 0.3) is 0 Å². The largest absolute Gasteiger partial charge is 0.409 e. The molecule has 1 saturated carbocycles. The number of hydrogen-bond donors (Lipinski definition) is 2. The number of carbonyl (C=O) groups excluding carboxylic acids is 1. The van der Waals surface area contributed by atoms with E-state index in [1.54, 1.807) is 12.1 Å². The van der Waals surface area contributed by atoms with Crippen LogP contribution in [0.3, 0.4) is 0 Å². The highest BCUT2D eigenvalue weighted by atomic mass is 19.1. The van der Waals surface area contributed by atoms with Crippen molar-refractivity contribution in [1.82, 2.24) is 0 Å². The fourth-order valence-corrected chi connectivity index (χ4v) is 2.12. The highest BCUT2D eigenvalue weighted by molar-refractivity contribution is 6.15. The van der Waals surface area contributed by atoms with Crippen molar-refractivity contribution in [2.75, 3.05) is 11.4 Å². The van der Waals surface area contributed by atoms with Crippen molar-refractivity contribution >= 4 is 17.4 Å². The zero-order chi connectivity index (χ0) is 14.0. The van der Waals surface area contributed by atoms with E-state index in [-0.39, 0.29) is 17.6 Å². The van der Waals surface area contributed by atoms with Crippen molar-refractivity contribution in [2.45, 2.75) is 19.8 Å². The molecular weight excluding hydrogens is 249 g/mol. The Morgan fingerprint density at radius 2 is 2.05 bits per heavy atom. The van der Waals surface area contributed by atoms with E-state index in [1.807, 2.05) is 6.92 Å². The summed E-state index contributed by atoms with van der Waals surface area (Å²) in [5.74, 6) is -0.625. The second-order valence-electron chi connectivity index (χ2n) is 4.59. The van der Waals surface area contributed by atoms with Crippen molar-refractivity contribution in [1.29, 1.82) is 0 Å². The Bertz CT molecular complexity index is 509. The molecule has 102 valence electrons. The van der Waals surface area contributed by atoms with Crippen molar-refractivity contribution < 1.29 is 14.4 Å². The zero-order valence-electron chi connectivity index (χ0n) is 10.6. The summed E-state index contributed by atoms with van der Waals surface area (Å²) in [6.07, 6.45) is 1.14. The van der Waals surface area contributed by atoms with Gasteiger partial charge >= 0.3 is 0 Å². The number of oxime groups is 1. The Kier molecular flexibility index (Phi) is 3.42. The van der Waals surface area contributed by atoms with Gasteiger partial charge in [0, 0.05) is 12.2 Å². The number of amidine groups is 1. The first kappa shape index (κ1) is 13.3. The number of anilines is 1. The fourth-order valence-electron chi connectivity index (χ4n) is 2.12. The summed E-state index contributed by atoms with van der Waals surface area (Å²) in [6.45, 7) is 2.26. The molecule has 0 aromatic heterocycles. The molecule has 0 unspecified atom stereocenters. The second-order valence-corrected chi connectivity index (χ2v) is 4.59. The van der Waals surface area contributed by atoms with Crippen LogP contribution in [0.15, 0.2) is 29.4 Å². The van der Waals surface area contributed by atoms with Gasteiger partial charge in [-0.1, -0.05) is 5.16 Å². The van der Waals surface area contributed by atoms with Gasteiger partial charge in [0.05, 0.1) is 0 Å². The molecule has 0 spiro atoms. The first-order valence-corrected chi connectivity index (χ1v) is 6.10. The molecule has 0 saturated heterocycles. The Balaban J connectivity index is 2.28. The average Bonchev–Trinajstić information content (AvgIpc) is 3.22. The number of carbonyl (C=O) groups is 1. The van der Waals surface area contributed by atoms with Crippen molar-refractivity contribution in [3.05, 3.63) is 30.1 Å². The molecule has 3 N–H and O–H groups in total. The SMILES string of the molecule is CCN(C(=O)C1(/C(N)=N/O)CC1)c1ccc(F)cc1. The standard InChI is InChI=1S/C13H16FN3O2/c1-2-17(10-5-3-9(14)4-6-10)12(18)13(7-8-13)11(15)16-19/h3-6,19H,2,7-8H2,1H3,(H2,15,16). The van der Waals surface area contributed by atoms with Crippen LogP contribution in [0.4, 0.5) is 10.1 Å². The molecule has 1 aromatic carbocycles. The molecule has 0 heterocycles. The van der Waals surface area contributed by atoms with Gasteiger partial charge in [0.15, 0.2) is 5.84 Å². The Hall–Kier alpha value is -2.11.